The number of fused-ring (bicyclic) bond motifs is 16. The molecule has 0 fully saturated rings. The van der Waals surface area contributed by atoms with E-state index in [0.717, 1.165) is 5.69 Å². The second kappa shape index (κ2) is 11.2. The van der Waals surface area contributed by atoms with Crippen LogP contribution in [0.3, 0.4) is 0 Å². The first kappa shape index (κ1) is 29.7. The third-order valence-electron chi connectivity index (χ3n) is 10.9. The lowest BCUT2D eigenvalue weighted by molar-refractivity contribution is 1.19. The van der Waals surface area contributed by atoms with E-state index in [0.29, 0.717) is 0 Å². The summed E-state index contributed by atoms with van der Waals surface area (Å²) in [6.07, 6.45) is 6.48. The first-order valence-corrected chi connectivity index (χ1v) is 19.4. The van der Waals surface area contributed by atoms with Crippen molar-refractivity contribution in [1.82, 2.24) is 4.57 Å². The molecule has 0 unspecified atom stereocenters. The summed E-state index contributed by atoms with van der Waals surface area (Å²) in [5.41, 5.74) is 7.32. The summed E-state index contributed by atoms with van der Waals surface area (Å²) in [5.74, 6) is 0. The van der Waals surface area contributed by atoms with Crippen molar-refractivity contribution in [2.45, 2.75) is 6.92 Å². The zero-order valence-electron chi connectivity index (χ0n) is 28.5. The Morgan fingerprint density at radius 1 is 0.519 bits per heavy atom. The van der Waals surface area contributed by atoms with E-state index in [-0.39, 0.29) is 0 Å². The van der Waals surface area contributed by atoms with Gasteiger partial charge in [-0.15, -0.1) is 22.7 Å². The first-order chi connectivity index (χ1) is 25.7. The van der Waals surface area contributed by atoms with Crippen LogP contribution in [0.5, 0.6) is 0 Å². The molecule has 52 heavy (non-hydrogen) atoms. The molecule has 0 amide bonds. The highest BCUT2D eigenvalue weighted by atomic mass is 32.1. The molecule has 3 heteroatoms. The largest absolute Gasteiger partial charge is 0.308 e. The van der Waals surface area contributed by atoms with E-state index in [1.807, 2.05) is 28.7 Å². The number of benzene rings is 8. The van der Waals surface area contributed by atoms with E-state index in [1.165, 1.54) is 106 Å². The lowest BCUT2D eigenvalue weighted by atomic mass is 9.89. The van der Waals surface area contributed by atoms with Gasteiger partial charge in [-0.2, -0.15) is 0 Å². The lowest BCUT2D eigenvalue weighted by Gasteiger charge is -2.15. The van der Waals surface area contributed by atoms with Crippen LogP contribution in [0.25, 0.3) is 113 Å². The summed E-state index contributed by atoms with van der Waals surface area (Å²) in [5, 5.41) is 14.3. The van der Waals surface area contributed by atoms with Crippen LogP contribution in [0.1, 0.15) is 17.4 Å². The van der Waals surface area contributed by atoms with Crippen molar-refractivity contribution in [3.63, 3.8) is 0 Å². The topological polar surface area (TPSA) is 4.93 Å². The number of aromatic nitrogens is 1. The van der Waals surface area contributed by atoms with E-state index in [1.54, 1.807) is 0 Å². The molecule has 3 heterocycles. The molecule has 11 rings (SSSR count). The zero-order chi connectivity index (χ0) is 34.5. The van der Waals surface area contributed by atoms with Gasteiger partial charge in [-0.25, -0.2) is 0 Å². The molecule has 0 atom stereocenters. The van der Waals surface area contributed by atoms with Crippen molar-refractivity contribution in [3.05, 3.63) is 163 Å². The summed E-state index contributed by atoms with van der Waals surface area (Å²) in [7, 11) is 0. The number of rotatable bonds is 4. The van der Waals surface area contributed by atoms with Crippen LogP contribution in [-0.2, 0) is 0 Å². The zero-order valence-corrected chi connectivity index (χ0v) is 30.1. The molecule has 0 radical (unpaired) electrons. The summed E-state index contributed by atoms with van der Waals surface area (Å²) in [6, 6.07) is 51.7. The SMILES string of the molecule is C=Cc1sc2c(c1/C=C\C)c1c3ccccc3c3ccccc3c1c1c3ccccc3n(-c3ccc(-c4ccc5sc6ccccc6c5c4)cc3)c21. The second-order valence-electron chi connectivity index (χ2n) is 13.6. The Bertz CT molecular complexity index is 3310. The van der Waals surface area contributed by atoms with Crippen LogP contribution in [-0.4, -0.2) is 4.57 Å². The van der Waals surface area contributed by atoms with Crippen LogP contribution in [0.4, 0.5) is 0 Å². The second-order valence-corrected chi connectivity index (χ2v) is 15.7. The smallest absolute Gasteiger partial charge is 0.0726 e. The highest BCUT2D eigenvalue weighted by Crippen LogP contribution is 2.51. The quantitative estimate of drug-likeness (QED) is 0.161. The van der Waals surface area contributed by atoms with Crippen LogP contribution in [0.15, 0.2) is 152 Å². The summed E-state index contributed by atoms with van der Waals surface area (Å²) < 4.78 is 6.47. The number of hydrogen-bond donors (Lipinski definition) is 0. The van der Waals surface area contributed by atoms with Crippen molar-refractivity contribution >= 4 is 119 Å². The molecule has 0 aliphatic rings. The van der Waals surface area contributed by atoms with Gasteiger partial charge in [0, 0.05) is 63.2 Å². The highest BCUT2D eigenvalue weighted by molar-refractivity contribution is 7.25. The molecule has 8 aromatic carbocycles. The van der Waals surface area contributed by atoms with Crippen molar-refractivity contribution in [3.8, 4) is 16.8 Å². The molecule has 0 saturated heterocycles. The Morgan fingerprint density at radius 3 is 1.83 bits per heavy atom. The van der Waals surface area contributed by atoms with Gasteiger partial charge in [0.05, 0.1) is 15.7 Å². The molecule has 0 aliphatic carbocycles. The third kappa shape index (κ3) is 4.03. The van der Waals surface area contributed by atoms with Crippen LogP contribution < -0.4 is 0 Å². The predicted octanol–water partition coefficient (Wildman–Crippen LogP) is 15.2. The Kier molecular flexibility index (Phi) is 6.43. The lowest BCUT2D eigenvalue weighted by Crippen LogP contribution is -1.95. The Morgan fingerprint density at radius 2 is 1.12 bits per heavy atom. The molecular weight excluding hydrogens is 667 g/mol. The van der Waals surface area contributed by atoms with Crippen molar-refractivity contribution in [1.29, 1.82) is 0 Å². The molecular formula is C49H31NS2. The predicted molar refractivity (Wildman–Crippen MR) is 232 cm³/mol. The minimum absolute atomic E-state index is 1.16. The third-order valence-corrected chi connectivity index (χ3v) is 13.2. The van der Waals surface area contributed by atoms with Gasteiger partial charge in [0.25, 0.3) is 0 Å². The fourth-order valence-electron chi connectivity index (χ4n) is 8.71. The monoisotopic (exact) mass is 697 g/mol. The molecule has 244 valence electrons. The Labute approximate surface area is 308 Å². The maximum absolute atomic E-state index is 4.31. The molecule has 0 spiro atoms. The molecule has 3 aromatic heterocycles. The molecule has 1 nitrogen and oxygen atoms in total. The fourth-order valence-corrected chi connectivity index (χ4v) is 11.0. The summed E-state index contributed by atoms with van der Waals surface area (Å²) in [4.78, 5) is 1.20. The van der Waals surface area contributed by atoms with Gasteiger partial charge in [0.1, 0.15) is 0 Å². The minimum atomic E-state index is 1.16. The highest BCUT2D eigenvalue weighted by Gasteiger charge is 2.25. The molecule has 0 bridgehead atoms. The Hall–Kier alpha value is -6.00. The van der Waals surface area contributed by atoms with Crippen LogP contribution >= 0.6 is 22.7 Å². The first-order valence-electron chi connectivity index (χ1n) is 17.8. The molecule has 11 aromatic rings. The summed E-state index contributed by atoms with van der Waals surface area (Å²) >= 11 is 3.73. The number of para-hydroxylation sites is 1. The van der Waals surface area contributed by atoms with Gasteiger partial charge >= 0.3 is 0 Å². The van der Waals surface area contributed by atoms with Crippen molar-refractivity contribution < 1.29 is 0 Å². The molecule has 0 N–H and O–H groups in total. The maximum atomic E-state index is 4.31. The van der Waals surface area contributed by atoms with Gasteiger partial charge in [0.2, 0.25) is 0 Å². The van der Waals surface area contributed by atoms with Gasteiger partial charge in [-0.05, 0) is 76.0 Å². The number of hydrogen-bond acceptors (Lipinski definition) is 2. The van der Waals surface area contributed by atoms with Crippen molar-refractivity contribution in [2.24, 2.45) is 0 Å². The van der Waals surface area contributed by atoms with Crippen LogP contribution in [0.2, 0.25) is 0 Å². The average Bonchev–Trinajstić information content (AvgIpc) is 3.87. The van der Waals surface area contributed by atoms with Gasteiger partial charge in [-0.1, -0.05) is 128 Å². The number of allylic oxidation sites excluding steroid dienone is 1. The van der Waals surface area contributed by atoms with Gasteiger partial charge in [0.15, 0.2) is 0 Å². The number of thiophene rings is 2. The summed E-state index contributed by atoms with van der Waals surface area (Å²) in [6.45, 7) is 6.42. The van der Waals surface area contributed by atoms with Crippen LogP contribution in [0, 0.1) is 0 Å². The van der Waals surface area contributed by atoms with E-state index < -0.39 is 0 Å². The van der Waals surface area contributed by atoms with Gasteiger partial charge < -0.3 is 4.57 Å². The normalized spacial score (nSPS) is 12.3. The fraction of sp³-hybridized carbons (Fsp3) is 0.0204. The standard InChI is InChI=1S/C49H31NS2/c1-3-13-38-41(4-2)52-49-47(38)45-36-18-8-6-15-33(36)32-14-5-7-17-35(32)44(45)46-37-19-9-11-20-40(37)50(48(46)49)31-25-22-29(23-26-31)30-24-27-43-39(28-30)34-16-10-12-21-42(34)51-43/h3-28H,2H2,1H3/b13-3-. The Balaban J connectivity index is 1.27. The molecule has 0 aliphatic heterocycles. The maximum Gasteiger partial charge on any atom is 0.0726 e. The van der Waals surface area contributed by atoms with E-state index in [2.05, 4.69) is 170 Å². The number of nitrogens with zero attached hydrogens (tertiary/aromatic N) is 1. The van der Waals surface area contributed by atoms with Gasteiger partial charge in [-0.3, -0.25) is 0 Å². The van der Waals surface area contributed by atoms with Crippen molar-refractivity contribution in [2.75, 3.05) is 0 Å². The van der Waals surface area contributed by atoms with E-state index in [9.17, 15) is 0 Å². The average molecular weight is 698 g/mol. The minimum Gasteiger partial charge on any atom is -0.308 e. The molecule has 0 saturated carbocycles. The van der Waals surface area contributed by atoms with E-state index >= 15 is 0 Å². The van der Waals surface area contributed by atoms with E-state index in [4.69, 9.17) is 0 Å².